The Morgan fingerprint density at radius 1 is 1.35 bits per heavy atom. The third-order valence-electron chi connectivity index (χ3n) is 3.96. The number of hydrogen-bond acceptors (Lipinski definition) is 3. The zero-order chi connectivity index (χ0) is 12.1. The fraction of sp³-hybridized carbons (Fsp3) is 0.923. The van der Waals surface area contributed by atoms with E-state index in [1.54, 1.807) is 0 Å². The summed E-state index contributed by atoms with van der Waals surface area (Å²) in [5, 5.41) is 6.37. The van der Waals surface area contributed by atoms with Gasteiger partial charge in [0.15, 0.2) is 0 Å². The average molecular weight is 239 g/mol. The van der Waals surface area contributed by atoms with Gasteiger partial charge in [0.2, 0.25) is 5.91 Å². The van der Waals surface area contributed by atoms with E-state index in [0.717, 1.165) is 19.5 Å². The number of carbonyl (C=O) groups excluding carboxylic acids is 1. The van der Waals surface area contributed by atoms with Gasteiger partial charge in [-0.1, -0.05) is 6.42 Å². The summed E-state index contributed by atoms with van der Waals surface area (Å²) >= 11 is 0. The lowest BCUT2D eigenvalue weighted by atomic mass is 10.0. The summed E-state index contributed by atoms with van der Waals surface area (Å²) in [4.78, 5) is 14.4. The average Bonchev–Trinajstić information content (AvgIpc) is 2.90. The van der Waals surface area contributed by atoms with E-state index in [1.807, 2.05) is 0 Å². The summed E-state index contributed by atoms with van der Waals surface area (Å²) in [6, 6.07) is 0.527. The fourth-order valence-electron chi connectivity index (χ4n) is 2.76. The van der Waals surface area contributed by atoms with Crippen molar-refractivity contribution in [2.24, 2.45) is 0 Å². The molecule has 2 aliphatic rings. The number of nitrogens with one attached hydrogen (secondary N) is 2. The molecule has 2 heterocycles. The first-order chi connectivity index (χ1) is 8.27. The highest BCUT2D eigenvalue weighted by Crippen LogP contribution is 2.11. The third-order valence-corrected chi connectivity index (χ3v) is 3.96. The SMILES string of the molecule is CC(CNC(=O)C1CCCCN1)N1CCCC1. The fourth-order valence-corrected chi connectivity index (χ4v) is 2.76. The molecule has 0 aromatic carbocycles. The van der Waals surface area contributed by atoms with Gasteiger partial charge in [0, 0.05) is 12.6 Å². The van der Waals surface area contributed by atoms with Gasteiger partial charge in [-0.25, -0.2) is 0 Å². The predicted octanol–water partition coefficient (Wildman–Crippen LogP) is 0.729. The number of carbonyl (C=O) groups is 1. The number of amides is 1. The standard InChI is InChI=1S/C13H25N3O/c1-11(16-8-4-5-9-16)10-15-13(17)12-6-2-3-7-14-12/h11-12,14H,2-10H2,1H3,(H,15,17). The molecular weight excluding hydrogens is 214 g/mol. The Hall–Kier alpha value is -0.610. The molecule has 0 aromatic heterocycles. The summed E-state index contributed by atoms with van der Waals surface area (Å²) in [5.41, 5.74) is 0. The molecule has 2 saturated heterocycles. The monoisotopic (exact) mass is 239 g/mol. The molecular formula is C13H25N3O. The van der Waals surface area contributed by atoms with Gasteiger partial charge in [0.1, 0.15) is 0 Å². The number of nitrogens with zero attached hydrogens (tertiary/aromatic N) is 1. The van der Waals surface area contributed by atoms with Crippen molar-refractivity contribution in [1.82, 2.24) is 15.5 Å². The van der Waals surface area contributed by atoms with E-state index in [-0.39, 0.29) is 11.9 Å². The zero-order valence-electron chi connectivity index (χ0n) is 10.9. The Morgan fingerprint density at radius 3 is 2.76 bits per heavy atom. The van der Waals surface area contributed by atoms with E-state index in [1.165, 1.54) is 38.8 Å². The highest BCUT2D eigenvalue weighted by molar-refractivity contribution is 5.81. The minimum atomic E-state index is 0.0505. The van der Waals surface area contributed by atoms with Crippen LogP contribution in [0.5, 0.6) is 0 Å². The molecule has 0 saturated carbocycles. The molecule has 4 heteroatoms. The Bertz CT molecular complexity index is 245. The van der Waals surface area contributed by atoms with Gasteiger partial charge >= 0.3 is 0 Å². The summed E-state index contributed by atoms with van der Waals surface area (Å²) in [5.74, 6) is 0.191. The first kappa shape index (κ1) is 12.8. The van der Waals surface area contributed by atoms with Crippen LogP contribution in [0, 0.1) is 0 Å². The smallest absolute Gasteiger partial charge is 0.237 e. The van der Waals surface area contributed by atoms with Crippen LogP contribution in [0.25, 0.3) is 0 Å². The highest BCUT2D eigenvalue weighted by atomic mass is 16.2. The van der Waals surface area contributed by atoms with Crippen molar-refractivity contribution >= 4 is 5.91 Å². The van der Waals surface area contributed by atoms with Crippen LogP contribution >= 0.6 is 0 Å². The molecule has 0 radical (unpaired) electrons. The van der Waals surface area contributed by atoms with Crippen molar-refractivity contribution in [3.05, 3.63) is 0 Å². The minimum absolute atomic E-state index is 0.0505. The van der Waals surface area contributed by atoms with Crippen LogP contribution in [0.1, 0.15) is 39.0 Å². The summed E-state index contributed by atoms with van der Waals surface area (Å²) in [6.07, 6.45) is 5.98. The van der Waals surface area contributed by atoms with Crippen LogP contribution in [0.4, 0.5) is 0 Å². The van der Waals surface area contributed by atoms with Crippen molar-refractivity contribution < 1.29 is 4.79 Å². The van der Waals surface area contributed by atoms with E-state index in [2.05, 4.69) is 22.5 Å². The van der Waals surface area contributed by atoms with Crippen LogP contribution in [0.15, 0.2) is 0 Å². The van der Waals surface area contributed by atoms with Crippen LogP contribution in [-0.4, -0.2) is 49.1 Å². The Kier molecular flexibility index (Phi) is 4.80. The van der Waals surface area contributed by atoms with E-state index in [0.29, 0.717) is 6.04 Å². The van der Waals surface area contributed by atoms with Gasteiger partial charge < -0.3 is 10.6 Å². The van der Waals surface area contributed by atoms with E-state index < -0.39 is 0 Å². The minimum Gasteiger partial charge on any atom is -0.353 e. The number of hydrogen-bond donors (Lipinski definition) is 2. The molecule has 2 rings (SSSR count). The molecule has 2 aliphatic heterocycles. The molecule has 98 valence electrons. The normalized spacial score (nSPS) is 27.9. The third kappa shape index (κ3) is 3.68. The second-order valence-electron chi connectivity index (χ2n) is 5.34. The van der Waals surface area contributed by atoms with Gasteiger partial charge in [-0.05, 0) is 52.2 Å². The van der Waals surface area contributed by atoms with Crippen LogP contribution in [0.3, 0.4) is 0 Å². The molecule has 2 fully saturated rings. The lowest BCUT2D eigenvalue weighted by molar-refractivity contribution is -0.123. The topological polar surface area (TPSA) is 44.4 Å². The van der Waals surface area contributed by atoms with Crippen molar-refractivity contribution in [3.8, 4) is 0 Å². The molecule has 2 atom stereocenters. The molecule has 0 spiro atoms. The second-order valence-corrected chi connectivity index (χ2v) is 5.34. The zero-order valence-corrected chi connectivity index (χ0v) is 10.9. The van der Waals surface area contributed by atoms with Crippen LogP contribution in [0.2, 0.25) is 0 Å². The largest absolute Gasteiger partial charge is 0.353 e. The molecule has 0 bridgehead atoms. The lowest BCUT2D eigenvalue weighted by Crippen LogP contribution is -2.49. The summed E-state index contributed by atoms with van der Waals surface area (Å²) in [6.45, 7) is 6.37. The van der Waals surface area contributed by atoms with Crippen molar-refractivity contribution in [1.29, 1.82) is 0 Å². The first-order valence-electron chi connectivity index (χ1n) is 7.02. The Morgan fingerprint density at radius 2 is 2.12 bits per heavy atom. The molecule has 1 amide bonds. The van der Waals surface area contributed by atoms with E-state index in [9.17, 15) is 4.79 Å². The van der Waals surface area contributed by atoms with E-state index >= 15 is 0 Å². The maximum atomic E-state index is 11.9. The first-order valence-corrected chi connectivity index (χ1v) is 7.02. The van der Waals surface area contributed by atoms with E-state index in [4.69, 9.17) is 0 Å². The lowest BCUT2D eigenvalue weighted by Gasteiger charge is -2.26. The summed E-state index contributed by atoms with van der Waals surface area (Å²) in [7, 11) is 0. The maximum absolute atomic E-state index is 11.9. The molecule has 0 aromatic rings. The highest BCUT2D eigenvalue weighted by Gasteiger charge is 2.22. The second kappa shape index (κ2) is 6.36. The predicted molar refractivity (Wildman–Crippen MR) is 68.9 cm³/mol. The number of likely N-dealkylation sites (tertiary alicyclic amines) is 1. The molecule has 4 nitrogen and oxygen atoms in total. The van der Waals surface area contributed by atoms with Crippen LogP contribution < -0.4 is 10.6 Å². The molecule has 2 unspecified atom stereocenters. The van der Waals surface area contributed by atoms with Crippen LogP contribution in [-0.2, 0) is 4.79 Å². The molecule has 0 aliphatic carbocycles. The van der Waals surface area contributed by atoms with Gasteiger partial charge in [-0.3, -0.25) is 9.69 Å². The summed E-state index contributed by atoms with van der Waals surface area (Å²) < 4.78 is 0. The molecule has 17 heavy (non-hydrogen) atoms. The van der Waals surface area contributed by atoms with Crippen molar-refractivity contribution in [3.63, 3.8) is 0 Å². The van der Waals surface area contributed by atoms with Gasteiger partial charge in [-0.15, -0.1) is 0 Å². The van der Waals surface area contributed by atoms with Gasteiger partial charge in [0.05, 0.1) is 6.04 Å². The number of rotatable bonds is 4. The van der Waals surface area contributed by atoms with Crippen molar-refractivity contribution in [2.45, 2.75) is 51.1 Å². The maximum Gasteiger partial charge on any atom is 0.237 e. The Labute approximate surface area is 104 Å². The number of piperidine rings is 1. The Balaban J connectivity index is 1.67. The van der Waals surface area contributed by atoms with Crippen molar-refractivity contribution in [2.75, 3.05) is 26.2 Å². The van der Waals surface area contributed by atoms with Gasteiger partial charge in [-0.2, -0.15) is 0 Å². The molecule has 2 N–H and O–H groups in total. The van der Waals surface area contributed by atoms with Gasteiger partial charge in [0.25, 0.3) is 0 Å². The quantitative estimate of drug-likeness (QED) is 0.760.